The van der Waals surface area contributed by atoms with E-state index < -0.39 is 33.7 Å². The van der Waals surface area contributed by atoms with Crippen LogP contribution in [-0.4, -0.2) is 38.7 Å². The van der Waals surface area contributed by atoms with Crippen molar-refractivity contribution in [2.24, 2.45) is 0 Å². The highest BCUT2D eigenvalue weighted by atomic mass is 32.2. The fraction of sp³-hybridized carbons (Fsp3) is 0.278. The lowest BCUT2D eigenvalue weighted by Gasteiger charge is -2.31. The first-order valence-electron chi connectivity index (χ1n) is 8.34. The van der Waals surface area contributed by atoms with Gasteiger partial charge in [0, 0.05) is 12.1 Å². The predicted molar refractivity (Wildman–Crippen MR) is 96.7 cm³/mol. The lowest BCUT2D eigenvalue weighted by Crippen LogP contribution is -2.46. The fourth-order valence-corrected chi connectivity index (χ4v) is 4.07. The number of methoxy groups -OCH3 is 1. The first kappa shape index (κ1) is 20.2. The SMILES string of the molecule is COc1ccc(S(=O)(=O)N[C@H]2C[C@H](O)C2)cc1C(=O)Nc1ccc(F)cc1F. The molecule has 0 saturated heterocycles. The first-order chi connectivity index (χ1) is 13.2. The summed E-state index contributed by atoms with van der Waals surface area (Å²) in [4.78, 5) is 12.4. The minimum atomic E-state index is -3.93. The third-order valence-corrected chi connectivity index (χ3v) is 5.86. The summed E-state index contributed by atoms with van der Waals surface area (Å²) in [6.45, 7) is 0. The molecule has 0 unspecified atom stereocenters. The fourth-order valence-electron chi connectivity index (χ4n) is 2.78. The Bertz CT molecular complexity index is 1010. The normalized spacial score (nSPS) is 19.0. The summed E-state index contributed by atoms with van der Waals surface area (Å²) in [6.07, 6.45) is 0.0922. The van der Waals surface area contributed by atoms with E-state index in [1.165, 1.54) is 19.2 Å². The van der Waals surface area contributed by atoms with Crippen molar-refractivity contribution in [3.8, 4) is 5.75 Å². The van der Waals surface area contributed by atoms with Crippen LogP contribution in [0.25, 0.3) is 0 Å². The van der Waals surface area contributed by atoms with Crippen molar-refractivity contribution in [1.29, 1.82) is 0 Å². The molecule has 3 rings (SSSR count). The number of aliphatic hydroxyl groups is 1. The number of carbonyl (C=O) groups is 1. The smallest absolute Gasteiger partial charge is 0.259 e. The Morgan fingerprint density at radius 3 is 2.50 bits per heavy atom. The first-order valence-corrected chi connectivity index (χ1v) is 9.83. The van der Waals surface area contributed by atoms with Crippen LogP contribution < -0.4 is 14.8 Å². The van der Waals surface area contributed by atoms with Gasteiger partial charge in [0.05, 0.1) is 29.4 Å². The van der Waals surface area contributed by atoms with Gasteiger partial charge in [0.2, 0.25) is 10.0 Å². The molecular weight excluding hydrogens is 394 g/mol. The molecule has 1 fully saturated rings. The monoisotopic (exact) mass is 412 g/mol. The molecule has 2 aromatic rings. The molecule has 0 spiro atoms. The molecule has 2 aromatic carbocycles. The number of benzene rings is 2. The number of hydrogen-bond donors (Lipinski definition) is 3. The molecule has 10 heteroatoms. The number of aliphatic hydroxyl groups excluding tert-OH is 1. The van der Waals surface area contributed by atoms with Crippen molar-refractivity contribution in [3.05, 3.63) is 53.6 Å². The van der Waals surface area contributed by atoms with E-state index in [9.17, 15) is 27.1 Å². The van der Waals surface area contributed by atoms with Crippen molar-refractivity contribution in [1.82, 2.24) is 4.72 Å². The molecule has 0 radical (unpaired) electrons. The van der Waals surface area contributed by atoms with Gasteiger partial charge in [-0.15, -0.1) is 0 Å². The summed E-state index contributed by atoms with van der Waals surface area (Å²) < 4.78 is 59.3. The summed E-state index contributed by atoms with van der Waals surface area (Å²) in [7, 11) is -2.63. The van der Waals surface area contributed by atoms with Crippen molar-refractivity contribution in [2.45, 2.75) is 29.9 Å². The summed E-state index contributed by atoms with van der Waals surface area (Å²) >= 11 is 0. The van der Waals surface area contributed by atoms with Crippen LogP contribution in [0.3, 0.4) is 0 Å². The largest absolute Gasteiger partial charge is 0.496 e. The molecule has 1 amide bonds. The Kier molecular flexibility index (Phi) is 5.64. The van der Waals surface area contributed by atoms with Gasteiger partial charge in [0.15, 0.2) is 0 Å². The third-order valence-electron chi connectivity index (χ3n) is 4.34. The van der Waals surface area contributed by atoms with Crippen molar-refractivity contribution < 1.29 is 31.8 Å². The Balaban J connectivity index is 1.87. The highest BCUT2D eigenvalue weighted by molar-refractivity contribution is 7.89. The lowest BCUT2D eigenvalue weighted by molar-refractivity contribution is 0.0712. The van der Waals surface area contributed by atoms with E-state index >= 15 is 0 Å². The number of carbonyl (C=O) groups excluding carboxylic acids is 1. The van der Waals surface area contributed by atoms with E-state index in [-0.39, 0.29) is 27.9 Å². The molecule has 1 saturated carbocycles. The highest BCUT2D eigenvalue weighted by Gasteiger charge is 2.31. The lowest BCUT2D eigenvalue weighted by atomic mass is 9.91. The molecule has 3 N–H and O–H groups in total. The second-order valence-corrected chi connectivity index (χ2v) is 8.10. The van der Waals surface area contributed by atoms with Gasteiger partial charge >= 0.3 is 0 Å². The van der Waals surface area contributed by atoms with Crippen LogP contribution in [0.4, 0.5) is 14.5 Å². The molecule has 1 aliphatic carbocycles. The zero-order chi connectivity index (χ0) is 20.5. The van der Waals surface area contributed by atoms with E-state index in [2.05, 4.69) is 10.0 Å². The van der Waals surface area contributed by atoms with Gasteiger partial charge in [-0.3, -0.25) is 4.79 Å². The van der Waals surface area contributed by atoms with E-state index in [1.54, 1.807) is 0 Å². The number of halogens is 2. The topological polar surface area (TPSA) is 105 Å². The highest BCUT2D eigenvalue weighted by Crippen LogP contribution is 2.26. The number of rotatable bonds is 6. The van der Waals surface area contributed by atoms with E-state index in [1.807, 2.05) is 0 Å². The maximum atomic E-state index is 13.8. The molecule has 150 valence electrons. The summed E-state index contributed by atoms with van der Waals surface area (Å²) in [5, 5.41) is 11.6. The van der Waals surface area contributed by atoms with Gasteiger partial charge in [0.1, 0.15) is 17.4 Å². The van der Waals surface area contributed by atoms with Gasteiger partial charge in [-0.2, -0.15) is 0 Å². The van der Waals surface area contributed by atoms with E-state index in [0.29, 0.717) is 18.9 Å². The van der Waals surface area contributed by atoms with Crippen LogP contribution in [0.15, 0.2) is 41.3 Å². The molecule has 0 heterocycles. The minimum Gasteiger partial charge on any atom is -0.496 e. The van der Waals surface area contributed by atoms with Crippen molar-refractivity contribution >= 4 is 21.6 Å². The van der Waals surface area contributed by atoms with Crippen LogP contribution >= 0.6 is 0 Å². The van der Waals surface area contributed by atoms with Crippen LogP contribution in [-0.2, 0) is 10.0 Å². The van der Waals surface area contributed by atoms with Crippen LogP contribution in [0.2, 0.25) is 0 Å². The Morgan fingerprint density at radius 1 is 1.18 bits per heavy atom. The summed E-state index contributed by atoms with van der Waals surface area (Å²) in [5.74, 6) is -2.51. The maximum absolute atomic E-state index is 13.8. The van der Waals surface area contributed by atoms with E-state index in [0.717, 1.165) is 18.2 Å². The number of amides is 1. The minimum absolute atomic E-state index is 0.0815. The number of sulfonamides is 1. The molecule has 1 aliphatic rings. The van der Waals surface area contributed by atoms with Gasteiger partial charge in [0.25, 0.3) is 5.91 Å². The molecule has 0 atom stereocenters. The van der Waals surface area contributed by atoms with Gasteiger partial charge in [-0.05, 0) is 43.2 Å². The van der Waals surface area contributed by atoms with E-state index in [4.69, 9.17) is 4.74 Å². The summed E-state index contributed by atoms with van der Waals surface area (Å²) in [5.41, 5.74) is -0.397. The third kappa shape index (κ3) is 4.29. The number of anilines is 1. The molecule has 0 bridgehead atoms. The molecular formula is C18H18F2N2O5S. The van der Waals surface area contributed by atoms with Crippen molar-refractivity contribution in [3.63, 3.8) is 0 Å². The Hall–Kier alpha value is -2.56. The Labute approximate surface area is 160 Å². The zero-order valence-corrected chi connectivity index (χ0v) is 15.6. The molecule has 0 aliphatic heterocycles. The van der Waals surface area contributed by atoms with Gasteiger partial charge < -0.3 is 15.2 Å². The summed E-state index contributed by atoms with van der Waals surface area (Å²) in [6, 6.07) is 5.95. The van der Waals surface area contributed by atoms with Crippen LogP contribution in [0.5, 0.6) is 5.75 Å². The second kappa shape index (κ2) is 7.82. The molecule has 7 nitrogen and oxygen atoms in total. The van der Waals surface area contributed by atoms with Gasteiger partial charge in [-0.1, -0.05) is 0 Å². The number of ether oxygens (including phenoxy) is 1. The number of nitrogens with one attached hydrogen (secondary N) is 2. The molecule has 28 heavy (non-hydrogen) atoms. The van der Waals surface area contributed by atoms with Crippen LogP contribution in [0.1, 0.15) is 23.2 Å². The second-order valence-electron chi connectivity index (χ2n) is 6.38. The Morgan fingerprint density at radius 2 is 1.89 bits per heavy atom. The average molecular weight is 412 g/mol. The average Bonchev–Trinajstić information content (AvgIpc) is 2.62. The van der Waals surface area contributed by atoms with Crippen molar-refractivity contribution in [2.75, 3.05) is 12.4 Å². The standard InChI is InChI=1S/C18H18F2N2O5S/c1-27-17-5-3-13(28(25,26)22-11-7-12(23)8-11)9-14(17)18(24)21-16-4-2-10(19)6-15(16)20/h2-6,9,11-12,22-23H,7-8H2,1H3,(H,21,24)/t11-,12-. The quantitative estimate of drug-likeness (QED) is 0.674. The molecule has 0 aromatic heterocycles. The van der Waals surface area contributed by atoms with Crippen LogP contribution in [0, 0.1) is 11.6 Å². The number of hydrogen-bond acceptors (Lipinski definition) is 5. The van der Waals surface area contributed by atoms with Gasteiger partial charge in [-0.25, -0.2) is 21.9 Å². The maximum Gasteiger partial charge on any atom is 0.259 e. The predicted octanol–water partition coefficient (Wildman–Crippen LogP) is 2.03. The zero-order valence-electron chi connectivity index (χ0n) is 14.8.